The quantitative estimate of drug-likeness (QED) is 0.0776. The molecule has 9 rings (SSSR count). The molecule has 3 aromatic carbocycles. The Morgan fingerprint density at radius 2 is 1.62 bits per heavy atom. The number of nitrogen functional groups attached to an aromatic ring is 1. The van der Waals surface area contributed by atoms with Crippen molar-refractivity contribution >= 4 is 41.0 Å². The van der Waals surface area contributed by atoms with Crippen molar-refractivity contribution in [2.45, 2.75) is 82.0 Å². The Hall–Kier alpha value is -6.19. The largest absolute Gasteiger partial charge is 0.457 e. The van der Waals surface area contributed by atoms with Gasteiger partial charge in [-0.25, -0.2) is 14.6 Å². The molecule has 2 atom stereocenters. The van der Waals surface area contributed by atoms with Gasteiger partial charge >= 0.3 is 0 Å². The molecule has 2 unspecified atom stereocenters. The van der Waals surface area contributed by atoms with Crippen LogP contribution in [0.2, 0.25) is 0 Å². The molecule has 15 heteroatoms. The maximum absolute atomic E-state index is 13.3. The summed E-state index contributed by atoms with van der Waals surface area (Å²) >= 11 is 0. The van der Waals surface area contributed by atoms with Crippen LogP contribution in [0.25, 0.3) is 22.3 Å². The summed E-state index contributed by atoms with van der Waals surface area (Å²) < 4.78 is 8.09. The number of piperidine rings is 3. The lowest BCUT2D eigenvalue weighted by atomic mass is 9.89. The number of imide groups is 1. The van der Waals surface area contributed by atoms with Gasteiger partial charge in [-0.2, -0.15) is 5.10 Å². The normalized spacial score (nSPS) is 19.8. The van der Waals surface area contributed by atoms with Crippen LogP contribution in [0.15, 0.2) is 79.1 Å². The molecule has 4 N–H and O–H groups in total. The third-order valence-corrected chi connectivity index (χ3v) is 13.1. The highest BCUT2D eigenvalue weighted by atomic mass is 16.5. The third-order valence-electron chi connectivity index (χ3n) is 13.1. The molecular weight excluding hydrogens is 773 g/mol. The third kappa shape index (κ3) is 8.57. The predicted octanol–water partition coefficient (Wildman–Crippen LogP) is 5.04. The molecule has 4 aliphatic heterocycles. The number of rotatable bonds is 14. The number of carbonyl (C=O) groups excluding carboxylic acids is 4. The molecule has 0 radical (unpaired) electrons. The Balaban J connectivity index is 0.793. The van der Waals surface area contributed by atoms with Gasteiger partial charge < -0.3 is 30.5 Å². The van der Waals surface area contributed by atoms with Crippen molar-refractivity contribution in [2.75, 3.05) is 45.0 Å². The van der Waals surface area contributed by atoms with E-state index in [1.54, 1.807) is 4.90 Å². The summed E-state index contributed by atoms with van der Waals surface area (Å²) in [6.07, 6.45) is 8.72. The second-order valence-electron chi connectivity index (χ2n) is 16.7. The average Bonchev–Trinajstić information content (AvgIpc) is 3.84. The molecule has 3 saturated heterocycles. The van der Waals surface area contributed by atoms with E-state index in [1.807, 2.05) is 66.7 Å². The summed E-state index contributed by atoms with van der Waals surface area (Å²) in [6, 6.07) is 23.7. The minimum atomic E-state index is -0.639. The van der Waals surface area contributed by atoms with Crippen molar-refractivity contribution in [1.29, 1.82) is 0 Å². The fraction of sp³-hybridized carbons (Fsp3) is 0.413. The SMILES string of the molecule is Nc1ncnc2c1c(-c1ccc(Oc3ccccc3)cc1)nn2C1CCN(C2CCN(CCC(CCNC=O)c3ccc4c(c3)CN(C3CCC(=O)NC3=O)C4=O)CC2)CC1. The molecule has 4 amide bonds. The first-order chi connectivity index (χ1) is 29.8. The van der Waals surface area contributed by atoms with Gasteiger partial charge in [0, 0.05) is 49.8 Å². The van der Waals surface area contributed by atoms with Gasteiger partial charge in [0.05, 0.1) is 11.4 Å². The minimum absolute atomic E-state index is 0.168. The number of anilines is 1. The van der Waals surface area contributed by atoms with Crippen LogP contribution in [0.5, 0.6) is 11.5 Å². The molecule has 0 spiro atoms. The van der Waals surface area contributed by atoms with Crippen LogP contribution >= 0.6 is 0 Å². The molecule has 0 saturated carbocycles. The number of para-hydroxylation sites is 1. The molecule has 15 nitrogen and oxygen atoms in total. The summed E-state index contributed by atoms with van der Waals surface area (Å²) in [5.74, 6) is 1.27. The van der Waals surface area contributed by atoms with Crippen LogP contribution in [-0.4, -0.2) is 110 Å². The summed E-state index contributed by atoms with van der Waals surface area (Å²) in [4.78, 5) is 64.6. The molecule has 5 aromatic rings. The smallest absolute Gasteiger partial charge is 0.255 e. The van der Waals surface area contributed by atoms with Gasteiger partial charge in [0.25, 0.3) is 5.91 Å². The van der Waals surface area contributed by atoms with E-state index in [0.717, 1.165) is 123 Å². The molecule has 0 aliphatic carbocycles. The summed E-state index contributed by atoms with van der Waals surface area (Å²) in [5.41, 5.74) is 11.6. The summed E-state index contributed by atoms with van der Waals surface area (Å²) in [7, 11) is 0. The van der Waals surface area contributed by atoms with Gasteiger partial charge in [0.1, 0.15) is 35.4 Å². The van der Waals surface area contributed by atoms with E-state index < -0.39 is 11.9 Å². The van der Waals surface area contributed by atoms with Gasteiger partial charge in [-0.3, -0.25) is 24.5 Å². The van der Waals surface area contributed by atoms with Crippen LogP contribution in [0.4, 0.5) is 5.82 Å². The standard InChI is InChI=1S/C46H52N10O5/c47-43-41-42(31-6-9-37(10-7-31)61-36-4-2-1-3-5-36)52-56(44(41)50-28-49-43)35-18-24-54(25-19-35)34-16-22-53(23-17-34)21-15-30(14-20-48-29-57)32-8-11-38-33(26-32)27-55(46(38)60)39-12-13-40(58)51-45(39)59/h1-11,26,28-30,34-35,39H,12-25,27H2,(H,48,57)(H2,47,49,50)(H,51,58,59). The second-order valence-corrected chi connectivity index (χ2v) is 16.7. The molecular formula is C46H52N10O5. The molecule has 0 bridgehead atoms. The fourth-order valence-corrected chi connectivity index (χ4v) is 9.74. The number of nitrogens with two attached hydrogens (primary N) is 1. The Labute approximate surface area is 354 Å². The van der Waals surface area contributed by atoms with Crippen molar-refractivity contribution in [3.63, 3.8) is 0 Å². The fourth-order valence-electron chi connectivity index (χ4n) is 9.74. The topological polar surface area (TPSA) is 181 Å². The Morgan fingerprint density at radius 3 is 2.38 bits per heavy atom. The molecule has 6 heterocycles. The molecule has 2 aromatic heterocycles. The highest BCUT2D eigenvalue weighted by molar-refractivity contribution is 6.05. The first-order valence-corrected chi connectivity index (χ1v) is 21.6. The number of benzene rings is 3. The monoisotopic (exact) mass is 824 g/mol. The maximum Gasteiger partial charge on any atom is 0.255 e. The van der Waals surface area contributed by atoms with E-state index in [1.165, 1.54) is 6.33 Å². The predicted molar refractivity (Wildman–Crippen MR) is 230 cm³/mol. The number of likely N-dealkylation sites (tertiary alicyclic amines) is 2. The van der Waals surface area contributed by atoms with Crippen molar-refractivity contribution in [3.05, 3.63) is 95.8 Å². The number of hydrogen-bond acceptors (Lipinski definition) is 11. The second kappa shape index (κ2) is 17.8. The summed E-state index contributed by atoms with van der Waals surface area (Å²) in [6.45, 7) is 5.91. The first-order valence-electron chi connectivity index (χ1n) is 21.6. The van der Waals surface area contributed by atoms with Crippen LogP contribution in [0, 0.1) is 0 Å². The van der Waals surface area contributed by atoms with E-state index >= 15 is 0 Å². The van der Waals surface area contributed by atoms with Crippen LogP contribution in [0.1, 0.15) is 84.8 Å². The van der Waals surface area contributed by atoms with E-state index in [0.29, 0.717) is 36.9 Å². The summed E-state index contributed by atoms with van der Waals surface area (Å²) in [5, 5.41) is 11.1. The van der Waals surface area contributed by atoms with Crippen LogP contribution < -0.4 is 21.1 Å². The van der Waals surface area contributed by atoms with Crippen molar-refractivity contribution in [1.82, 2.24) is 45.1 Å². The van der Waals surface area contributed by atoms with Gasteiger partial charge in [0.2, 0.25) is 18.2 Å². The van der Waals surface area contributed by atoms with Gasteiger partial charge in [-0.1, -0.05) is 30.3 Å². The van der Waals surface area contributed by atoms with E-state index in [9.17, 15) is 19.2 Å². The van der Waals surface area contributed by atoms with E-state index in [2.05, 4.69) is 41.1 Å². The minimum Gasteiger partial charge on any atom is -0.457 e. The molecule has 316 valence electrons. The van der Waals surface area contributed by atoms with Gasteiger partial charge in [-0.05, 0) is 124 Å². The zero-order valence-corrected chi connectivity index (χ0v) is 34.2. The number of nitrogens with zero attached hydrogens (tertiary/aromatic N) is 7. The highest BCUT2D eigenvalue weighted by Gasteiger charge is 2.39. The van der Waals surface area contributed by atoms with E-state index in [-0.39, 0.29) is 30.2 Å². The zero-order valence-electron chi connectivity index (χ0n) is 34.2. The van der Waals surface area contributed by atoms with Crippen molar-refractivity contribution in [3.8, 4) is 22.8 Å². The number of nitrogens with one attached hydrogen (secondary N) is 2. The Bertz CT molecular complexity index is 2390. The Morgan fingerprint density at radius 1 is 0.869 bits per heavy atom. The van der Waals surface area contributed by atoms with Crippen molar-refractivity contribution in [2.24, 2.45) is 0 Å². The van der Waals surface area contributed by atoms with Crippen molar-refractivity contribution < 1.29 is 23.9 Å². The molecule has 3 fully saturated rings. The van der Waals surface area contributed by atoms with Crippen LogP contribution in [-0.2, 0) is 20.9 Å². The number of amides is 4. The lowest BCUT2D eigenvalue weighted by Gasteiger charge is -2.42. The lowest BCUT2D eigenvalue weighted by molar-refractivity contribution is -0.137. The number of ether oxygens (including phenoxy) is 1. The van der Waals surface area contributed by atoms with Gasteiger partial charge in [-0.15, -0.1) is 0 Å². The highest BCUT2D eigenvalue weighted by Crippen LogP contribution is 2.37. The Kier molecular flexibility index (Phi) is 11.7. The average molecular weight is 825 g/mol. The van der Waals surface area contributed by atoms with E-state index in [4.69, 9.17) is 15.6 Å². The lowest BCUT2D eigenvalue weighted by Crippen LogP contribution is -2.52. The maximum atomic E-state index is 13.3. The first kappa shape index (κ1) is 40.2. The molecule has 4 aliphatic rings. The zero-order chi connectivity index (χ0) is 41.9. The number of hydrogen-bond donors (Lipinski definition) is 3. The van der Waals surface area contributed by atoms with Gasteiger partial charge in [0.15, 0.2) is 5.65 Å². The number of fused-ring (bicyclic) bond motifs is 2. The molecule has 61 heavy (non-hydrogen) atoms. The number of carbonyl (C=O) groups is 4. The van der Waals surface area contributed by atoms with Crippen LogP contribution in [0.3, 0.4) is 0 Å². The number of aromatic nitrogens is 4.